The van der Waals surface area contributed by atoms with E-state index in [1.807, 2.05) is 0 Å². The number of amides is 1. The summed E-state index contributed by atoms with van der Waals surface area (Å²) >= 11 is 0. The summed E-state index contributed by atoms with van der Waals surface area (Å²) in [5, 5.41) is 0. The van der Waals surface area contributed by atoms with Crippen molar-refractivity contribution >= 4 is 11.9 Å². The van der Waals surface area contributed by atoms with Gasteiger partial charge in [0.25, 0.3) is 5.91 Å². The Morgan fingerprint density at radius 3 is 2.87 bits per heavy atom. The number of hydrogen-bond donors (Lipinski definition) is 1. The van der Waals surface area contributed by atoms with Crippen LogP contribution < -0.4 is 5.73 Å². The van der Waals surface area contributed by atoms with Crippen molar-refractivity contribution < 1.29 is 9.53 Å². The van der Waals surface area contributed by atoms with Crippen LogP contribution in [0.3, 0.4) is 0 Å². The zero-order valence-corrected chi connectivity index (χ0v) is 8.22. The van der Waals surface area contributed by atoms with Crippen molar-refractivity contribution in [1.29, 1.82) is 0 Å². The van der Waals surface area contributed by atoms with Gasteiger partial charge in [-0.15, -0.1) is 0 Å². The number of morpholine rings is 1. The van der Waals surface area contributed by atoms with E-state index in [-0.39, 0.29) is 11.9 Å². The van der Waals surface area contributed by atoms with Crippen LogP contribution in [-0.4, -0.2) is 47.1 Å². The number of aromatic nitrogens is 2. The molecule has 2 rings (SSSR count). The number of rotatable bonds is 1. The molecule has 1 fully saturated rings. The van der Waals surface area contributed by atoms with Crippen molar-refractivity contribution in [2.24, 2.45) is 0 Å². The summed E-state index contributed by atoms with van der Waals surface area (Å²) in [5.74, 6) is 0.00140. The fourth-order valence-corrected chi connectivity index (χ4v) is 1.42. The van der Waals surface area contributed by atoms with Gasteiger partial charge >= 0.3 is 0 Å². The Morgan fingerprint density at radius 1 is 1.47 bits per heavy atom. The lowest BCUT2D eigenvalue weighted by Crippen LogP contribution is -2.41. The quantitative estimate of drug-likeness (QED) is 0.674. The van der Waals surface area contributed by atoms with Crippen LogP contribution in [0.2, 0.25) is 0 Å². The molecule has 1 aliphatic heterocycles. The van der Waals surface area contributed by atoms with Crippen molar-refractivity contribution in [2.75, 3.05) is 32.0 Å². The lowest BCUT2D eigenvalue weighted by atomic mass is 10.3. The summed E-state index contributed by atoms with van der Waals surface area (Å²) in [7, 11) is 0. The number of nitrogens with zero attached hydrogens (tertiary/aromatic N) is 3. The molecule has 15 heavy (non-hydrogen) atoms. The van der Waals surface area contributed by atoms with Gasteiger partial charge in [-0.05, 0) is 6.07 Å². The van der Waals surface area contributed by atoms with Gasteiger partial charge in [-0.1, -0.05) is 0 Å². The summed E-state index contributed by atoms with van der Waals surface area (Å²) < 4.78 is 5.16. The van der Waals surface area contributed by atoms with E-state index in [4.69, 9.17) is 10.5 Å². The first-order valence-electron chi connectivity index (χ1n) is 4.73. The van der Waals surface area contributed by atoms with Gasteiger partial charge in [0.2, 0.25) is 5.95 Å². The molecule has 0 atom stereocenters. The van der Waals surface area contributed by atoms with E-state index < -0.39 is 0 Å². The van der Waals surface area contributed by atoms with Gasteiger partial charge in [-0.3, -0.25) is 4.79 Å². The second-order valence-electron chi connectivity index (χ2n) is 3.20. The minimum atomic E-state index is -0.118. The normalized spacial score (nSPS) is 16.4. The number of anilines is 1. The number of hydrogen-bond acceptors (Lipinski definition) is 5. The molecule has 80 valence electrons. The summed E-state index contributed by atoms with van der Waals surface area (Å²) in [6.07, 6.45) is 1.48. The maximum atomic E-state index is 11.9. The monoisotopic (exact) mass is 208 g/mol. The molecule has 1 aromatic rings. The molecular weight excluding hydrogens is 196 g/mol. The van der Waals surface area contributed by atoms with Gasteiger partial charge < -0.3 is 15.4 Å². The van der Waals surface area contributed by atoms with E-state index in [0.717, 1.165) is 0 Å². The van der Waals surface area contributed by atoms with Crippen molar-refractivity contribution in [2.45, 2.75) is 0 Å². The summed E-state index contributed by atoms with van der Waals surface area (Å²) in [6.45, 7) is 2.35. The van der Waals surface area contributed by atoms with Gasteiger partial charge in [0.15, 0.2) is 0 Å². The molecule has 0 spiro atoms. The van der Waals surface area contributed by atoms with Crippen molar-refractivity contribution in [1.82, 2.24) is 14.9 Å². The van der Waals surface area contributed by atoms with Crippen molar-refractivity contribution in [3.63, 3.8) is 0 Å². The maximum Gasteiger partial charge on any atom is 0.272 e. The molecule has 1 saturated heterocycles. The molecule has 1 amide bonds. The van der Waals surface area contributed by atoms with Crippen LogP contribution in [0.1, 0.15) is 10.5 Å². The Morgan fingerprint density at radius 2 is 2.20 bits per heavy atom. The second-order valence-corrected chi connectivity index (χ2v) is 3.20. The average molecular weight is 208 g/mol. The number of carbonyl (C=O) groups excluding carboxylic acids is 1. The van der Waals surface area contributed by atoms with E-state index in [9.17, 15) is 4.79 Å². The highest BCUT2D eigenvalue weighted by Gasteiger charge is 2.19. The van der Waals surface area contributed by atoms with E-state index in [1.165, 1.54) is 6.20 Å². The SMILES string of the molecule is Nc1nccc(C(=O)N2CCOCC2)n1. The topological polar surface area (TPSA) is 81.3 Å². The number of nitrogen functional groups attached to an aromatic ring is 1. The largest absolute Gasteiger partial charge is 0.378 e. The predicted octanol–water partition coefficient (Wildman–Crippen LogP) is -0.469. The lowest BCUT2D eigenvalue weighted by molar-refractivity contribution is 0.0299. The van der Waals surface area contributed by atoms with Gasteiger partial charge in [0, 0.05) is 19.3 Å². The van der Waals surface area contributed by atoms with Gasteiger partial charge in [-0.2, -0.15) is 0 Å². The van der Waals surface area contributed by atoms with E-state index in [2.05, 4.69) is 9.97 Å². The number of carbonyl (C=O) groups is 1. The Balaban J connectivity index is 2.12. The molecule has 1 aliphatic rings. The fraction of sp³-hybridized carbons (Fsp3) is 0.444. The van der Waals surface area contributed by atoms with Gasteiger partial charge in [0.05, 0.1) is 13.2 Å². The molecule has 0 aliphatic carbocycles. The minimum Gasteiger partial charge on any atom is -0.378 e. The van der Waals surface area contributed by atoms with E-state index in [1.54, 1.807) is 11.0 Å². The molecule has 0 aromatic carbocycles. The van der Waals surface area contributed by atoms with E-state index in [0.29, 0.717) is 32.0 Å². The summed E-state index contributed by atoms with van der Waals surface area (Å²) in [4.78, 5) is 21.2. The van der Waals surface area contributed by atoms with Crippen LogP contribution in [-0.2, 0) is 4.74 Å². The highest BCUT2D eigenvalue weighted by molar-refractivity contribution is 5.92. The first kappa shape index (κ1) is 9.85. The van der Waals surface area contributed by atoms with Crippen molar-refractivity contribution in [3.05, 3.63) is 18.0 Å². The molecule has 0 unspecified atom stereocenters. The third kappa shape index (κ3) is 2.21. The molecular formula is C9H12N4O2. The highest BCUT2D eigenvalue weighted by atomic mass is 16.5. The van der Waals surface area contributed by atoms with Crippen LogP contribution in [0, 0.1) is 0 Å². The summed E-state index contributed by atoms with van der Waals surface area (Å²) in [6, 6.07) is 1.56. The van der Waals surface area contributed by atoms with E-state index >= 15 is 0 Å². The molecule has 2 N–H and O–H groups in total. The van der Waals surface area contributed by atoms with Crippen molar-refractivity contribution in [3.8, 4) is 0 Å². The lowest BCUT2D eigenvalue weighted by Gasteiger charge is -2.26. The Kier molecular flexibility index (Phi) is 2.77. The molecule has 0 saturated carbocycles. The van der Waals surface area contributed by atoms with Gasteiger partial charge in [-0.25, -0.2) is 9.97 Å². The van der Waals surface area contributed by atoms with Crippen LogP contribution in [0.25, 0.3) is 0 Å². The van der Waals surface area contributed by atoms with Crippen LogP contribution >= 0.6 is 0 Å². The van der Waals surface area contributed by atoms with Crippen LogP contribution in [0.4, 0.5) is 5.95 Å². The molecule has 0 bridgehead atoms. The third-order valence-electron chi connectivity index (χ3n) is 2.19. The molecule has 1 aromatic heterocycles. The fourth-order valence-electron chi connectivity index (χ4n) is 1.42. The zero-order chi connectivity index (χ0) is 10.7. The smallest absolute Gasteiger partial charge is 0.272 e. The van der Waals surface area contributed by atoms with Gasteiger partial charge in [0.1, 0.15) is 5.69 Å². The number of ether oxygens (including phenoxy) is 1. The highest BCUT2D eigenvalue weighted by Crippen LogP contribution is 2.05. The second kappa shape index (κ2) is 4.22. The molecule has 6 nitrogen and oxygen atoms in total. The zero-order valence-electron chi connectivity index (χ0n) is 8.22. The first-order valence-corrected chi connectivity index (χ1v) is 4.73. The Labute approximate surface area is 87.1 Å². The number of nitrogens with two attached hydrogens (primary N) is 1. The first-order chi connectivity index (χ1) is 7.27. The summed E-state index contributed by atoms with van der Waals surface area (Å²) in [5.41, 5.74) is 5.75. The predicted molar refractivity (Wildman–Crippen MR) is 53.2 cm³/mol. The molecule has 0 radical (unpaired) electrons. The van der Waals surface area contributed by atoms with Crippen LogP contribution in [0.15, 0.2) is 12.3 Å². The van der Waals surface area contributed by atoms with Crippen LogP contribution in [0.5, 0.6) is 0 Å². The standard InChI is InChI=1S/C9H12N4O2/c10-9-11-2-1-7(12-9)8(14)13-3-5-15-6-4-13/h1-2H,3-6H2,(H2,10,11,12). The molecule has 6 heteroatoms. The Bertz CT molecular complexity index is 363. The third-order valence-corrected chi connectivity index (χ3v) is 2.19. The Hall–Kier alpha value is -1.69. The maximum absolute atomic E-state index is 11.9. The minimum absolute atomic E-state index is 0.118. The molecule has 2 heterocycles. The average Bonchev–Trinajstić information content (AvgIpc) is 2.29.